The van der Waals surface area contributed by atoms with E-state index in [0.717, 1.165) is 22.2 Å². The molecule has 2 aromatic carbocycles. The zero-order valence-electron chi connectivity index (χ0n) is 14.0. The predicted octanol–water partition coefficient (Wildman–Crippen LogP) is 4.34. The van der Waals surface area contributed by atoms with Crippen molar-refractivity contribution in [1.29, 1.82) is 0 Å². The Hall–Kier alpha value is -2.82. The van der Waals surface area contributed by atoms with Gasteiger partial charge in [0.1, 0.15) is 5.52 Å². The van der Waals surface area contributed by atoms with Crippen LogP contribution in [0.25, 0.3) is 22.2 Å². The fraction of sp³-hybridized carbons (Fsp3) is 0.300. The fourth-order valence-electron chi connectivity index (χ4n) is 3.42. The zero-order chi connectivity index (χ0) is 17.2. The van der Waals surface area contributed by atoms with Crippen LogP contribution in [-0.4, -0.2) is 16.9 Å². The molecule has 0 atom stereocenters. The van der Waals surface area contributed by atoms with Crippen molar-refractivity contribution in [3.63, 3.8) is 0 Å². The molecule has 1 aliphatic rings. The van der Waals surface area contributed by atoms with Crippen molar-refractivity contribution in [1.82, 2.24) is 4.98 Å². The molecule has 5 nitrogen and oxygen atoms in total. The first-order valence-corrected chi connectivity index (χ1v) is 8.76. The number of hydrogen-bond acceptors (Lipinski definition) is 4. The maximum absolute atomic E-state index is 11.2. The average Bonchev–Trinajstić information content (AvgIpc) is 3.04. The number of fused-ring (bicyclic) bond motifs is 1. The van der Waals surface area contributed by atoms with E-state index < -0.39 is 5.91 Å². The van der Waals surface area contributed by atoms with E-state index >= 15 is 0 Å². The molecule has 5 heteroatoms. The van der Waals surface area contributed by atoms with E-state index in [-0.39, 0.29) is 0 Å². The highest BCUT2D eigenvalue weighted by atomic mass is 16.4. The van der Waals surface area contributed by atoms with Crippen molar-refractivity contribution in [3.8, 4) is 11.1 Å². The van der Waals surface area contributed by atoms with Gasteiger partial charge in [0.2, 0.25) is 5.91 Å². The molecule has 1 saturated carbocycles. The largest absolute Gasteiger partial charge is 0.424 e. The first-order valence-electron chi connectivity index (χ1n) is 8.76. The number of hydrogen-bond donors (Lipinski definition) is 2. The number of benzene rings is 2. The van der Waals surface area contributed by atoms with Crippen LogP contribution in [0.1, 0.15) is 42.5 Å². The van der Waals surface area contributed by atoms with E-state index in [1.165, 1.54) is 32.1 Å². The number of carbonyl (C=O) groups excluding carboxylic acids is 1. The van der Waals surface area contributed by atoms with E-state index in [2.05, 4.69) is 10.3 Å². The van der Waals surface area contributed by atoms with Gasteiger partial charge in [-0.15, -0.1) is 0 Å². The van der Waals surface area contributed by atoms with Gasteiger partial charge in [0.15, 0.2) is 5.58 Å². The number of carbonyl (C=O) groups is 1. The van der Waals surface area contributed by atoms with Gasteiger partial charge in [0, 0.05) is 11.6 Å². The summed E-state index contributed by atoms with van der Waals surface area (Å²) in [6.07, 6.45) is 6.21. The highest BCUT2D eigenvalue weighted by molar-refractivity contribution is 5.93. The van der Waals surface area contributed by atoms with Crippen molar-refractivity contribution >= 4 is 23.0 Å². The van der Waals surface area contributed by atoms with Crippen LogP contribution in [-0.2, 0) is 0 Å². The first-order chi connectivity index (χ1) is 12.2. The highest BCUT2D eigenvalue weighted by Crippen LogP contribution is 2.28. The van der Waals surface area contributed by atoms with Gasteiger partial charge in [0.05, 0.1) is 0 Å². The number of aromatic nitrogens is 1. The minimum absolute atomic E-state index is 0.420. The topological polar surface area (TPSA) is 81.2 Å². The van der Waals surface area contributed by atoms with Crippen molar-refractivity contribution in [2.45, 2.75) is 38.1 Å². The van der Waals surface area contributed by atoms with Gasteiger partial charge in [0.25, 0.3) is 6.01 Å². The van der Waals surface area contributed by atoms with Crippen LogP contribution in [0.15, 0.2) is 46.9 Å². The summed E-state index contributed by atoms with van der Waals surface area (Å²) >= 11 is 0. The summed E-state index contributed by atoms with van der Waals surface area (Å²) in [6, 6.07) is 14.3. The van der Waals surface area contributed by atoms with Gasteiger partial charge >= 0.3 is 0 Å². The maximum Gasteiger partial charge on any atom is 0.295 e. The first kappa shape index (κ1) is 15.7. The number of primary amides is 1. The molecule has 0 bridgehead atoms. The Balaban J connectivity index is 1.58. The standard InChI is InChI=1S/C20H21N3O2/c21-19(24)14-8-6-13(7-9-14)15-10-11-18-17(12-15)23-20(25-18)22-16-4-2-1-3-5-16/h6-12,16H,1-5H2,(H2,21,24)(H,22,23). The molecule has 0 aliphatic heterocycles. The van der Waals surface area contributed by atoms with E-state index in [0.29, 0.717) is 17.6 Å². The lowest BCUT2D eigenvalue weighted by Gasteiger charge is -2.21. The Labute approximate surface area is 146 Å². The Morgan fingerprint density at radius 3 is 2.48 bits per heavy atom. The molecule has 0 spiro atoms. The molecule has 4 rings (SSSR count). The number of amides is 1. The van der Waals surface area contributed by atoms with E-state index in [4.69, 9.17) is 10.2 Å². The third-order valence-electron chi connectivity index (χ3n) is 4.82. The molecular weight excluding hydrogens is 314 g/mol. The van der Waals surface area contributed by atoms with Gasteiger partial charge in [-0.05, 0) is 48.2 Å². The Kier molecular flexibility index (Phi) is 4.14. The summed E-state index contributed by atoms with van der Waals surface area (Å²) in [4.78, 5) is 15.8. The van der Waals surface area contributed by atoms with Crippen LogP contribution in [0, 0.1) is 0 Å². The normalized spacial score (nSPS) is 15.4. The monoisotopic (exact) mass is 335 g/mol. The van der Waals surface area contributed by atoms with Crippen LogP contribution in [0.5, 0.6) is 0 Å². The lowest BCUT2D eigenvalue weighted by atomic mass is 9.96. The van der Waals surface area contributed by atoms with Gasteiger partial charge in [-0.25, -0.2) is 0 Å². The fourth-order valence-corrected chi connectivity index (χ4v) is 3.42. The summed E-state index contributed by atoms with van der Waals surface area (Å²) < 4.78 is 5.83. The van der Waals surface area contributed by atoms with Crippen LogP contribution >= 0.6 is 0 Å². The molecule has 0 radical (unpaired) electrons. The van der Waals surface area contributed by atoms with Crippen molar-refractivity contribution in [2.24, 2.45) is 5.73 Å². The van der Waals surface area contributed by atoms with Gasteiger partial charge < -0.3 is 15.5 Å². The molecule has 25 heavy (non-hydrogen) atoms. The summed E-state index contributed by atoms with van der Waals surface area (Å²) in [5.74, 6) is -0.420. The molecule has 1 aliphatic carbocycles. The molecule has 3 N–H and O–H groups in total. The van der Waals surface area contributed by atoms with Crippen LogP contribution < -0.4 is 11.1 Å². The molecule has 3 aromatic rings. The number of nitrogens with zero attached hydrogens (tertiary/aromatic N) is 1. The molecule has 0 unspecified atom stereocenters. The number of oxazole rings is 1. The second kappa shape index (κ2) is 6.59. The number of anilines is 1. The van der Waals surface area contributed by atoms with Crippen molar-refractivity contribution in [2.75, 3.05) is 5.32 Å². The summed E-state index contributed by atoms with van der Waals surface area (Å²) in [5.41, 5.74) is 9.43. The van der Waals surface area contributed by atoms with E-state index in [1.807, 2.05) is 30.3 Å². The molecule has 1 heterocycles. The number of rotatable bonds is 4. The van der Waals surface area contributed by atoms with E-state index in [1.54, 1.807) is 12.1 Å². The lowest BCUT2D eigenvalue weighted by Crippen LogP contribution is -2.22. The van der Waals surface area contributed by atoms with Crippen molar-refractivity contribution in [3.05, 3.63) is 48.0 Å². The highest BCUT2D eigenvalue weighted by Gasteiger charge is 2.16. The second-order valence-electron chi connectivity index (χ2n) is 6.62. The molecule has 1 amide bonds. The van der Waals surface area contributed by atoms with Gasteiger partial charge in [-0.2, -0.15) is 4.98 Å². The van der Waals surface area contributed by atoms with Gasteiger partial charge in [-0.3, -0.25) is 4.79 Å². The summed E-state index contributed by atoms with van der Waals surface area (Å²) in [5, 5.41) is 3.42. The second-order valence-corrected chi connectivity index (χ2v) is 6.62. The van der Waals surface area contributed by atoms with Crippen LogP contribution in [0.4, 0.5) is 6.01 Å². The third kappa shape index (κ3) is 3.36. The van der Waals surface area contributed by atoms with Crippen molar-refractivity contribution < 1.29 is 9.21 Å². The van der Waals surface area contributed by atoms with Gasteiger partial charge in [-0.1, -0.05) is 37.5 Å². The number of nitrogens with two attached hydrogens (primary N) is 1. The maximum atomic E-state index is 11.2. The Bertz CT molecular complexity index is 893. The SMILES string of the molecule is NC(=O)c1ccc(-c2ccc3oc(NC4CCCCC4)nc3c2)cc1. The predicted molar refractivity (Wildman–Crippen MR) is 98.5 cm³/mol. The van der Waals surface area contributed by atoms with Crippen LogP contribution in [0.3, 0.4) is 0 Å². The summed E-state index contributed by atoms with van der Waals surface area (Å²) in [6.45, 7) is 0. The minimum atomic E-state index is -0.420. The Morgan fingerprint density at radius 1 is 1.04 bits per heavy atom. The molecule has 128 valence electrons. The quantitative estimate of drug-likeness (QED) is 0.743. The molecule has 1 fully saturated rings. The smallest absolute Gasteiger partial charge is 0.295 e. The zero-order valence-corrected chi connectivity index (χ0v) is 14.0. The lowest BCUT2D eigenvalue weighted by molar-refractivity contribution is 0.100. The molecule has 1 aromatic heterocycles. The van der Waals surface area contributed by atoms with Crippen LogP contribution in [0.2, 0.25) is 0 Å². The third-order valence-corrected chi connectivity index (χ3v) is 4.82. The molecular formula is C20H21N3O2. The Morgan fingerprint density at radius 2 is 1.76 bits per heavy atom. The van der Waals surface area contributed by atoms with E-state index in [9.17, 15) is 4.79 Å². The molecule has 0 saturated heterocycles. The summed E-state index contributed by atoms with van der Waals surface area (Å²) in [7, 11) is 0. The average molecular weight is 335 g/mol. The number of nitrogens with one attached hydrogen (secondary N) is 1. The minimum Gasteiger partial charge on any atom is -0.424 e.